The van der Waals surface area contributed by atoms with Crippen molar-refractivity contribution in [1.82, 2.24) is 10.2 Å². The molecule has 0 saturated carbocycles. The SMILES string of the molecule is COCC[C@H]1CN(C2=Nc3cc(Cl)ccc3Nc3ccc(C(C)C)cc32)C(OC(=O)CCC(=O)O)CN1. The van der Waals surface area contributed by atoms with Gasteiger partial charge in [0, 0.05) is 42.6 Å². The van der Waals surface area contributed by atoms with Crippen LogP contribution in [0.25, 0.3) is 0 Å². The first-order valence-electron chi connectivity index (χ1n) is 12.4. The van der Waals surface area contributed by atoms with Crippen molar-refractivity contribution in [2.45, 2.75) is 51.3 Å². The maximum Gasteiger partial charge on any atom is 0.308 e. The van der Waals surface area contributed by atoms with Crippen LogP contribution in [0.15, 0.2) is 41.4 Å². The highest BCUT2D eigenvalue weighted by Crippen LogP contribution is 2.38. The lowest BCUT2D eigenvalue weighted by molar-refractivity contribution is -0.159. The molecule has 9 nitrogen and oxygen atoms in total. The number of aliphatic carboxylic acids is 1. The van der Waals surface area contributed by atoms with E-state index in [1.54, 1.807) is 13.2 Å². The summed E-state index contributed by atoms with van der Waals surface area (Å²) in [5.41, 5.74) is 4.41. The maximum absolute atomic E-state index is 12.6. The lowest BCUT2D eigenvalue weighted by atomic mass is 9.98. The normalized spacial score (nSPS) is 18.8. The zero-order valence-electron chi connectivity index (χ0n) is 21.3. The first-order valence-corrected chi connectivity index (χ1v) is 12.8. The Balaban J connectivity index is 1.78. The topological polar surface area (TPSA) is 112 Å². The molecule has 0 bridgehead atoms. The van der Waals surface area contributed by atoms with E-state index in [2.05, 4.69) is 36.6 Å². The van der Waals surface area contributed by atoms with Crippen LogP contribution >= 0.6 is 11.6 Å². The Morgan fingerprint density at radius 2 is 1.97 bits per heavy atom. The highest BCUT2D eigenvalue weighted by Gasteiger charge is 2.35. The number of nitrogens with zero attached hydrogens (tertiary/aromatic N) is 2. The molecular formula is C27H33ClN4O5. The van der Waals surface area contributed by atoms with Crippen molar-refractivity contribution >= 4 is 46.4 Å². The average molecular weight is 529 g/mol. The van der Waals surface area contributed by atoms with E-state index in [9.17, 15) is 9.59 Å². The zero-order valence-corrected chi connectivity index (χ0v) is 22.0. The van der Waals surface area contributed by atoms with Gasteiger partial charge < -0.3 is 30.1 Å². The summed E-state index contributed by atoms with van der Waals surface area (Å²) in [6.45, 7) is 5.72. The van der Waals surface area contributed by atoms with Crippen LogP contribution in [-0.2, 0) is 19.1 Å². The van der Waals surface area contributed by atoms with Crippen LogP contribution in [0.3, 0.4) is 0 Å². The first-order chi connectivity index (χ1) is 17.7. The molecule has 10 heteroatoms. The molecule has 1 fully saturated rings. The summed E-state index contributed by atoms with van der Waals surface area (Å²) < 4.78 is 11.1. The van der Waals surface area contributed by atoms with Crippen molar-refractivity contribution in [3.63, 3.8) is 0 Å². The number of nitrogens with one attached hydrogen (secondary N) is 2. The van der Waals surface area contributed by atoms with Gasteiger partial charge in [-0.2, -0.15) is 0 Å². The van der Waals surface area contributed by atoms with E-state index >= 15 is 0 Å². The molecule has 0 aliphatic carbocycles. The smallest absolute Gasteiger partial charge is 0.308 e. The summed E-state index contributed by atoms with van der Waals surface area (Å²) >= 11 is 6.33. The van der Waals surface area contributed by atoms with E-state index in [-0.39, 0.29) is 18.9 Å². The molecule has 2 aromatic rings. The molecule has 4 rings (SSSR count). The van der Waals surface area contributed by atoms with Gasteiger partial charge in [0.2, 0.25) is 0 Å². The summed E-state index contributed by atoms with van der Waals surface area (Å²) in [4.78, 5) is 30.6. The second-order valence-electron chi connectivity index (χ2n) is 9.56. The number of halogens is 1. The number of hydrogen-bond acceptors (Lipinski definition) is 8. The average Bonchev–Trinajstić information content (AvgIpc) is 3.02. The van der Waals surface area contributed by atoms with Crippen LogP contribution in [-0.4, -0.2) is 66.9 Å². The van der Waals surface area contributed by atoms with Gasteiger partial charge >= 0.3 is 11.9 Å². The van der Waals surface area contributed by atoms with E-state index in [1.807, 2.05) is 23.1 Å². The van der Waals surface area contributed by atoms with Crippen molar-refractivity contribution in [2.24, 2.45) is 4.99 Å². The lowest BCUT2D eigenvalue weighted by Gasteiger charge is -2.41. The highest BCUT2D eigenvalue weighted by molar-refractivity contribution is 6.31. The van der Waals surface area contributed by atoms with Gasteiger partial charge in [-0.1, -0.05) is 31.5 Å². The minimum absolute atomic E-state index is 0.0726. The lowest BCUT2D eigenvalue weighted by Crippen LogP contribution is -2.60. The Morgan fingerprint density at radius 3 is 2.70 bits per heavy atom. The number of aliphatic imine (C=N–C) groups is 1. The number of carbonyl (C=O) groups is 2. The molecule has 0 spiro atoms. The Kier molecular flexibility index (Phi) is 8.68. The molecule has 2 aliphatic rings. The summed E-state index contributed by atoms with van der Waals surface area (Å²) in [7, 11) is 1.67. The number of piperazine rings is 1. The third-order valence-electron chi connectivity index (χ3n) is 6.51. The second-order valence-corrected chi connectivity index (χ2v) is 10.00. The third kappa shape index (κ3) is 6.60. The number of carboxylic acid groups (broad SMARTS) is 1. The molecule has 1 saturated heterocycles. The van der Waals surface area contributed by atoms with Crippen LogP contribution in [0.5, 0.6) is 0 Å². The highest BCUT2D eigenvalue weighted by atomic mass is 35.5. The van der Waals surface area contributed by atoms with Gasteiger partial charge in [0.15, 0.2) is 6.23 Å². The van der Waals surface area contributed by atoms with Gasteiger partial charge in [-0.05, 0) is 48.2 Å². The molecule has 2 aromatic carbocycles. The fraction of sp³-hybridized carbons (Fsp3) is 0.444. The number of ether oxygens (including phenoxy) is 2. The van der Waals surface area contributed by atoms with E-state index in [0.29, 0.717) is 42.2 Å². The molecule has 0 amide bonds. The summed E-state index contributed by atoms with van der Waals surface area (Å²) in [5.74, 6) is -0.653. The van der Waals surface area contributed by atoms with Crippen molar-refractivity contribution in [2.75, 3.05) is 32.1 Å². The number of amidine groups is 1. The monoisotopic (exact) mass is 528 g/mol. The molecule has 198 valence electrons. The van der Waals surface area contributed by atoms with E-state index in [4.69, 9.17) is 31.2 Å². The standard InChI is InChI=1S/C27H33ClN4O5/c1-16(2)17-4-6-21-20(12-17)27(31-23-13-18(28)5-7-22(23)30-21)32-15-19(10-11-36-3)29-14-24(32)37-26(35)9-8-25(33)34/h4-7,12-13,16,19,24,29-30H,8-11,14-15H2,1-3H3,(H,33,34)/t19-,24?/m0/s1. The number of fused-ring (bicyclic) bond motifs is 2. The fourth-order valence-electron chi connectivity index (χ4n) is 4.45. The number of rotatable bonds is 8. The predicted molar refractivity (Wildman–Crippen MR) is 143 cm³/mol. The van der Waals surface area contributed by atoms with Crippen LogP contribution in [0.2, 0.25) is 5.02 Å². The number of hydrogen-bond donors (Lipinski definition) is 3. The largest absolute Gasteiger partial charge is 0.481 e. The van der Waals surface area contributed by atoms with Crippen LogP contribution in [0.4, 0.5) is 17.1 Å². The van der Waals surface area contributed by atoms with Gasteiger partial charge in [0.25, 0.3) is 0 Å². The number of anilines is 2. The van der Waals surface area contributed by atoms with Crippen LogP contribution in [0, 0.1) is 0 Å². The molecule has 2 aliphatic heterocycles. The van der Waals surface area contributed by atoms with Gasteiger partial charge in [-0.15, -0.1) is 0 Å². The van der Waals surface area contributed by atoms with Crippen molar-refractivity contribution in [3.8, 4) is 0 Å². The van der Waals surface area contributed by atoms with Gasteiger partial charge in [0.05, 0.1) is 30.8 Å². The van der Waals surface area contributed by atoms with E-state index in [0.717, 1.165) is 28.9 Å². The minimum Gasteiger partial charge on any atom is -0.481 e. The Morgan fingerprint density at radius 1 is 1.19 bits per heavy atom. The quantitative estimate of drug-likeness (QED) is 0.425. The Hall–Kier alpha value is -3.14. The zero-order chi connectivity index (χ0) is 26.5. The van der Waals surface area contributed by atoms with Crippen molar-refractivity contribution < 1.29 is 24.2 Å². The molecule has 0 aromatic heterocycles. The molecule has 3 N–H and O–H groups in total. The van der Waals surface area contributed by atoms with Crippen molar-refractivity contribution in [3.05, 3.63) is 52.5 Å². The molecule has 1 unspecified atom stereocenters. The predicted octanol–water partition coefficient (Wildman–Crippen LogP) is 4.64. The van der Waals surface area contributed by atoms with E-state index < -0.39 is 18.2 Å². The van der Waals surface area contributed by atoms with E-state index in [1.165, 1.54) is 0 Å². The van der Waals surface area contributed by atoms with Crippen LogP contribution in [0.1, 0.15) is 50.2 Å². The Labute approximate surface area is 221 Å². The second kappa shape index (κ2) is 11.9. The molecule has 0 radical (unpaired) electrons. The van der Waals surface area contributed by atoms with Crippen molar-refractivity contribution in [1.29, 1.82) is 0 Å². The number of benzene rings is 2. The number of carbonyl (C=O) groups excluding carboxylic acids is 1. The summed E-state index contributed by atoms with van der Waals surface area (Å²) in [6, 6.07) is 11.8. The molecule has 2 atom stereocenters. The first kappa shape index (κ1) is 26.9. The third-order valence-corrected chi connectivity index (χ3v) is 6.74. The molecule has 2 heterocycles. The molecular weight excluding hydrogens is 496 g/mol. The summed E-state index contributed by atoms with van der Waals surface area (Å²) in [6.07, 6.45) is -0.394. The number of methoxy groups -OCH3 is 1. The summed E-state index contributed by atoms with van der Waals surface area (Å²) in [5, 5.41) is 16.5. The Bertz CT molecular complexity index is 1190. The van der Waals surface area contributed by atoms with Crippen LogP contribution < -0.4 is 10.6 Å². The number of carboxylic acids is 1. The minimum atomic E-state index is -1.04. The van der Waals surface area contributed by atoms with Gasteiger partial charge in [0.1, 0.15) is 5.84 Å². The maximum atomic E-state index is 12.6. The van der Waals surface area contributed by atoms with Gasteiger partial charge in [-0.3, -0.25) is 9.59 Å². The fourth-order valence-corrected chi connectivity index (χ4v) is 4.62. The van der Waals surface area contributed by atoms with Gasteiger partial charge in [-0.25, -0.2) is 4.99 Å². The molecule has 37 heavy (non-hydrogen) atoms. The number of esters is 1.